The lowest BCUT2D eigenvalue weighted by Gasteiger charge is -2.02. The summed E-state index contributed by atoms with van der Waals surface area (Å²) in [5.74, 6) is 0.228. The van der Waals surface area contributed by atoms with E-state index in [9.17, 15) is 4.79 Å². The number of rotatable bonds is 4. The number of allylic oxidation sites excluding steroid dienone is 1. The standard InChI is InChI=1S/C12H16ClNO/c1-9(2)12(15)11-4-5-14(8-11)7-10(3)6-13/h4-6,8-9H,7H2,1-3H3/b10-6+. The van der Waals surface area contributed by atoms with Gasteiger partial charge in [0, 0.05) is 36.0 Å². The molecule has 1 aromatic rings. The number of nitrogens with zero attached hydrogens (tertiary/aromatic N) is 1. The van der Waals surface area contributed by atoms with Crippen molar-refractivity contribution in [2.75, 3.05) is 0 Å². The van der Waals surface area contributed by atoms with Crippen LogP contribution in [-0.2, 0) is 6.54 Å². The molecule has 82 valence electrons. The maximum atomic E-state index is 11.7. The Bertz CT molecular complexity index is 377. The van der Waals surface area contributed by atoms with Crippen molar-refractivity contribution < 1.29 is 4.79 Å². The van der Waals surface area contributed by atoms with E-state index in [1.165, 1.54) is 0 Å². The molecule has 0 saturated carbocycles. The summed E-state index contributed by atoms with van der Waals surface area (Å²) in [6.07, 6.45) is 3.77. The van der Waals surface area contributed by atoms with E-state index in [2.05, 4.69) is 0 Å². The molecule has 0 aliphatic rings. The van der Waals surface area contributed by atoms with Crippen LogP contribution < -0.4 is 0 Å². The molecule has 0 aliphatic carbocycles. The van der Waals surface area contributed by atoms with Gasteiger partial charge in [0.05, 0.1) is 0 Å². The van der Waals surface area contributed by atoms with Crippen LogP contribution in [0, 0.1) is 5.92 Å². The zero-order valence-electron chi connectivity index (χ0n) is 9.33. The molecule has 0 aliphatic heterocycles. The molecule has 0 aromatic carbocycles. The van der Waals surface area contributed by atoms with Gasteiger partial charge in [-0.2, -0.15) is 0 Å². The van der Waals surface area contributed by atoms with Crippen LogP contribution >= 0.6 is 11.6 Å². The third-order valence-electron chi connectivity index (χ3n) is 2.18. The molecule has 0 bridgehead atoms. The molecule has 0 saturated heterocycles. The Morgan fingerprint density at radius 2 is 2.27 bits per heavy atom. The monoisotopic (exact) mass is 225 g/mol. The first-order chi connectivity index (χ1) is 7.04. The highest BCUT2D eigenvalue weighted by atomic mass is 35.5. The lowest BCUT2D eigenvalue weighted by atomic mass is 10.0. The van der Waals surface area contributed by atoms with Crippen molar-refractivity contribution in [2.24, 2.45) is 5.92 Å². The fourth-order valence-electron chi connectivity index (χ4n) is 1.34. The van der Waals surface area contributed by atoms with Crippen LogP contribution in [0.1, 0.15) is 31.1 Å². The van der Waals surface area contributed by atoms with Crippen LogP contribution in [0.4, 0.5) is 0 Å². The van der Waals surface area contributed by atoms with Crippen molar-refractivity contribution in [3.05, 3.63) is 35.1 Å². The van der Waals surface area contributed by atoms with Crippen molar-refractivity contribution in [1.82, 2.24) is 4.57 Å². The first-order valence-corrected chi connectivity index (χ1v) is 5.44. The van der Waals surface area contributed by atoms with Gasteiger partial charge in [0.15, 0.2) is 5.78 Å². The molecular formula is C12H16ClNO. The smallest absolute Gasteiger partial charge is 0.166 e. The second kappa shape index (κ2) is 5.17. The predicted molar refractivity (Wildman–Crippen MR) is 63.2 cm³/mol. The van der Waals surface area contributed by atoms with Gasteiger partial charge in [0.2, 0.25) is 0 Å². The van der Waals surface area contributed by atoms with E-state index < -0.39 is 0 Å². The number of ketones is 1. The SMILES string of the molecule is C/C(=C\Cl)Cn1ccc(C(=O)C(C)C)c1. The second-order valence-electron chi connectivity index (χ2n) is 4.05. The van der Waals surface area contributed by atoms with Crippen LogP contribution in [-0.4, -0.2) is 10.4 Å². The van der Waals surface area contributed by atoms with Crippen LogP contribution in [0.5, 0.6) is 0 Å². The molecule has 0 fully saturated rings. The molecule has 1 rings (SSSR count). The fraction of sp³-hybridized carbons (Fsp3) is 0.417. The lowest BCUT2D eigenvalue weighted by Crippen LogP contribution is -2.06. The zero-order chi connectivity index (χ0) is 11.4. The summed E-state index contributed by atoms with van der Waals surface area (Å²) in [5, 5.41) is 0. The highest BCUT2D eigenvalue weighted by Crippen LogP contribution is 2.10. The molecular weight excluding hydrogens is 210 g/mol. The van der Waals surface area contributed by atoms with Crippen LogP contribution in [0.2, 0.25) is 0 Å². The zero-order valence-corrected chi connectivity index (χ0v) is 10.1. The number of carbonyl (C=O) groups excluding carboxylic acids is 1. The first kappa shape index (κ1) is 12.1. The summed E-state index contributed by atoms with van der Waals surface area (Å²) in [6, 6.07) is 1.85. The van der Waals surface area contributed by atoms with Gasteiger partial charge >= 0.3 is 0 Å². The number of carbonyl (C=O) groups is 1. The van der Waals surface area contributed by atoms with Gasteiger partial charge < -0.3 is 4.57 Å². The summed E-state index contributed by atoms with van der Waals surface area (Å²) < 4.78 is 1.96. The van der Waals surface area contributed by atoms with Crippen molar-refractivity contribution in [3.63, 3.8) is 0 Å². The van der Waals surface area contributed by atoms with E-state index in [4.69, 9.17) is 11.6 Å². The second-order valence-corrected chi connectivity index (χ2v) is 4.27. The van der Waals surface area contributed by atoms with E-state index >= 15 is 0 Å². The van der Waals surface area contributed by atoms with Gasteiger partial charge in [-0.25, -0.2) is 0 Å². The number of hydrogen-bond acceptors (Lipinski definition) is 1. The third-order valence-corrected chi connectivity index (χ3v) is 2.55. The number of Topliss-reactive ketones (excluding diaryl/α,β-unsaturated/α-hetero) is 1. The largest absolute Gasteiger partial charge is 0.349 e. The van der Waals surface area contributed by atoms with Gasteiger partial charge in [0.25, 0.3) is 0 Å². The average molecular weight is 226 g/mol. The summed E-state index contributed by atoms with van der Waals surface area (Å²) >= 11 is 5.58. The Kier molecular flexibility index (Phi) is 4.15. The molecule has 2 nitrogen and oxygen atoms in total. The molecule has 0 radical (unpaired) electrons. The number of halogens is 1. The first-order valence-electron chi connectivity index (χ1n) is 5.00. The van der Waals surface area contributed by atoms with Crippen molar-refractivity contribution in [3.8, 4) is 0 Å². The van der Waals surface area contributed by atoms with Crippen LogP contribution in [0.15, 0.2) is 29.6 Å². The number of hydrogen-bond donors (Lipinski definition) is 0. The molecule has 15 heavy (non-hydrogen) atoms. The van der Waals surface area contributed by atoms with E-state index in [0.29, 0.717) is 0 Å². The molecule has 0 unspecified atom stereocenters. The van der Waals surface area contributed by atoms with Gasteiger partial charge in [-0.3, -0.25) is 4.79 Å². The van der Waals surface area contributed by atoms with Crippen molar-refractivity contribution in [1.29, 1.82) is 0 Å². The van der Waals surface area contributed by atoms with Gasteiger partial charge in [-0.1, -0.05) is 25.4 Å². The topological polar surface area (TPSA) is 22.0 Å². The summed E-state index contributed by atoms with van der Waals surface area (Å²) in [7, 11) is 0. The molecule has 0 amide bonds. The van der Waals surface area contributed by atoms with Crippen LogP contribution in [0.3, 0.4) is 0 Å². The summed E-state index contributed by atoms with van der Waals surface area (Å²) in [6.45, 7) is 6.50. The third kappa shape index (κ3) is 3.24. The normalized spacial score (nSPS) is 12.2. The Balaban J connectivity index is 2.77. The Morgan fingerprint density at radius 1 is 1.60 bits per heavy atom. The minimum Gasteiger partial charge on any atom is -0.349 e. The van der Waals surface area contributed by atoms with Gasteiger partial charge in [-0.05, 0) is 18.6 Å². The van der Waals surface area contributed by atoms with E-state index in [1.807, 2.05) is 43.8 Å². The average Bonchev–Trinajstić information content (AvgIpc) is 2.64. The van der Waals surface area contributed by atoms with Crippen molar-refractivity contribution >= 4 is 17.4 Å². The Labute approximate surface area is 95.5 Å². The quantitative estimate of drug-likeness (QED) is 0.720. The van der Waals surface area contributed by atoms with Crippen molar-refractivity contribution in [2.45, 2.75) is 27.3 Å². The van der Waals surface area contributed by atoms with Gasteiger partial charge in [-0.15, -0.1) is 0 Å². The molecule has 3 heteroatoms. The van der Waals surface area contributed by atoms with E-state index in [1.54, 1.807) is 5.54 Å². The summed E-state index contributed by atoms with van der Waals surface area (Å²) in [4.78, 5) is 11.7. The lowest BCUT2D eigenvalue weighted by molar-refractivity contribution is 0.0939. The van der Waals surface area contributed by atoms with E-state index in [-0.39, 0.29) is 11.7 Å². The number of aromatic nitrogens is 1. The minimum atomic E-state index is 0.0468. The van der Waals surface area contributed by atoms with Gasteiger partial charge in [0.1, 0.15) is 0 Å². The molecule has 1 aromatic heterocycles. The molecule has 0 atom stereocenters. The highest BCUT2D eigenvalue weighted by molar-refractivity contribution is 6.25. The molecule has 0 spiro atoms. The van der Waals surface area contributed by atoms with E-state index in [0.717, 1.165) is 17.7 Å². The highest BCUT2D eigenvalue weighted by Gasteiger charge is 2.11. The Hall–Kier alpha value is -1.02. The maximum Gasteiger partial charge on any atom is 0.166 e. The fourth-order valence-corrected chi connectivity index (χ4v) is 1.41. The van der Waals surface area contributed by atoms with Crippen LogP contribution in [0.25, 0.3) is 0 Å². The summed E-state index contributed by atoms with van der Waals surface area (Å²) in [5.41, 5.74) is 3.40. The maximum absolute atomic E-state index is 11.7. The predicted octanol–water partition coefficient (Wildman–Crippen LogP) is 3.47. The Morgan fingerprint density at radius 3 is 2.80 bits per heavy atom. The molecule has 0 N–H and O–H groups in total. The minimum absolute atomic E-state index is 0.0468. The molecule has 1 heterocycles.